The van der Waals surface area contributed by atoms with Gasteiger partial charge in [0.15, 0.2) is 0 Å². The second-order valence-corrected chi connectivity index (χ2v) is 12.9. The average Bonchev–Trinajstić information content (AvgIpc) is 3.01. The number of fused-ring (bicyclic) bond motifs is 1. The van der Waals surface area contributed by atoms with Crippen molar-refractivity contribution in [1.82, 2.24) is 10.2 Å². The van der Waals surface area contributed by atoms with Gasteiger partial charge in [-0.15, -0.1) is 0 Å². The molecule has 0 aromatic heterocycles. The zero-order valence-electron chi connectivity index (χ0n) is 27.3. The van der Waals surface area contributed by atoms with Crippen LogP contribution in [-0.4, -0.2) is 69.1 Å². The lowest BCUT2D eigenvalue weighted by molar-refractivity contribution is -0.183. The van der Waals surface area contributed by atoms with E-state index < -0.39 is 29.6 Å². The highest BCUT2D eigenvalue weighted by Crippen LogP contribution is 2.43. The van der Waals surface area contributed by atoms with Crippen molar-refractivity contribution in [3.8, 4) is 17.6 Å². The number of hydrogen-bond donors (Lipinski definition) is 3. The van der Waals surface area contributed by atoms with Crippen LogP contribution in [0.5, 0.6) is 11.5 Å². The summed E-state index contributed by atoms with van der Waals surface area (Å²) in [5.74, 6) is -1.22. The molecule has 1 fully saturated rings. The van der Waals surface area contributed by atoms with E-state index in [0.29, 0.717) is 71.4 Å². The Labute approximate surface area is 279 Å². The van der Waals surface area contributed by atoms with Gasteiger partial charge in [0.05, 0.1) is 46.6 Å². The van der Waals surface area contributed by atoms with Gasteiger partial charge in [-0.3, -0.25) is 9.79 Å². The molecular weight excluding hydrogens is 633 g/mol. The van der Waals surface area contributed by atoms with Crippen LogP contribution in [0.4, 0.5) is 30.2 Å². The molecule has 4 unspecified atom stereocenters. The van der Waals surface area contributed by atoms with Crippen LogP contribution in [0.3, 0.4) is 0 Å². The highest BCUT2D eigenvalue weighted by molar-refractivity contribution is 6.32. The zero-order chi connectivity index (χ0) is 34.2. The smallest absolute Gasteiger partial charge is 0.393 e. The van der Waals surface area contributed by atoms with Crippen molar-refractivity contribution in [3.63, 3.8) is 0 Å². The van der Waals surface area contributed by atoms with E-state index in [9.17, 15) is 23.2 Å². The third-order valence-electron chi connectivity index (χ3n) is 8.57. The molecule has 256 valence electrons. The Bertz CT molecular complexity index is 1450. The predicted octanol–water partition coefficient (Wildman–Crippen LogP) is 7.51. The van der Waals surface area contributed by atoms with Gasteiger partial charge in [-0.25, -0.2) is 0 Å². The number of aliphatic imine (C=N–C) groups is 1. The van der Waals surface area contributed by atoms with Crippen LogP contribution >= 0.6 is 11.6 Å². The van der Waals surface area contributed by atoms with E-state index in [-0.39, 0.29) is 25.5 Å². The Morgan fingerprint density at radius 3 is 2.62 bits per heavy atom. The number of carbonyl (C=O) groups excluding carboxylic acids is 1. The van der Waals surface area contributed by atoms with Gasteiger partial charge in [-0.05, 0) is 77.5 Å². The maximum Gasteiger partial charge on any atom is 0.393 e. The molecule has 0 aliphatic carbocycles. The Hall–Kier alpha value is -3.53. The number of halogens is 4. The minimum absolute atomic E-state index is 0.0522. The normalized spacial score (nSPS) is 22.3. The molecule has 2 aliphatic rings. The largest absolute Gasteiger partial charge is 0.492 e. The number of nitrogens with one attached hydrogen (secondary N) is 3. The molecule has 0 bridgehead atoms. The number of rotatable bonds is 14. The minimum Gasteiger partial charge on any atom is -0.492 e. The summed E-state index contributed by atoms with van der Waals surface area (Å²) in [6.07, 6.45) is 0.287. The summed E-state index contributed by atoms with van der Waals surface area (Å²) in [5.41, 5.74) is 1.89. The highest BCUT2D eigenvalue weighted by atomic mass is 35.5. The van der Waals surface area contributed by atoms with Crippen LogP contribution in [0.25, 0.3) is 0 Å². The summed E-state index contributed by atoms with van der Waals surface area (Å²) < 4.78 is 51.7. The number of carbonyl (C=O) groups is 1. The van der Waals surface area contributed by atoms with E-state index in [1.807, 2.05) is 32.8 Å². The van der Waals surface area contributed by atoms with Crippen molar-refractivity contribution in [3.05, 3.63) is 40.9 Å². The SMILES string of the molecule is CCCC1(COc2ccc(NC3c4cc(NC(=O)CCCN(C)C)c(OCC)cc4N=CC3C#N)cc2Cl)CCC(C(F)(F)F)CN1. The van der Waals surface area contributed by atoms with Crippen molar-refractivity contribution in [1.29, 1.82) is 5.26 Å². The Balaban J connectivity index is 1.51. The summed E-state index contributed by atoms with van der Waals surface area (Å²) in [7, 11) is 3.91. The van der Waals surface area contributed by atoms with E-state index in [1.54, 1.807) is 36.5 Å². The maximum atomic E-state index is 13.3. The van der Waals surface area contributed by atoms with Crippen LogP contribution in [0.15, 0.2) is 35.3 Å². The number of alkyl halides is 3. The number of piperidine rings is 1. The van der Waals surface area contributed by atoms with Crippen LogP contribution in [0.2, 0.25) is 5.02 Å². The molecule has 1 amide bonds. The first-order chi connectivity index (χ1) is 22.4. The average molecular weight is 677 g/mol. The van der Waals surface area contributed by atoms with Gasteiger partial charge in [-0.2, -0.15) is 18.4 Å². The number of benzene rings is 2. The number of nitrogens with zero attached hydrogens (tertiary/aromatic N) is 3. The summed E-state index contributed by atoms with van der Waals surface area (Å²) in [6.45, 7) is 5.08. The van der Waals surface area contributed by atoms with Gasteiger partial charge in [0.1, 0.15) is 24.0 Å². The molecule has 0 radical (unpaired) electrons. The molecule has 2 aromatic rings. The predicted molar refractivity (Wildman–Crippen MR) is 179 cm³/mol. The standard InChI is InChI=1S/C34H44ClF3N6O3/c1-5-12-33(13-11-23(20-41-33)34(36,37)38)21-47-29-10-9-24(15-26(29)35)42-32-22(18-39)19-40-27-17-30(46-6-2)28(16-25(27)32)43-31(45)8-7-14-44(3)4/h9-10,15-17,19,22-23,32,41-42H,5-8,11-14,20-21H2,1-4H3,(H,43,45). The molecule has 4 rings (SSSR count). The second kappa shape index (κ2) is 16.0. The molecule has 2 aromatic carbocycles. The summed E-state index contributed by atoms with van der Waals surface area (Å²) in [6, 6.07) is 10.5. The molecule has 4 atom stereocenters. The molecule has 0 saturated carbocycles. The van der Waals surface area contributed by atoms with Crippen molar-refractivity contribution < 1.29 is 27.4 Å². The molecule has 3 N–H and O–H groups in total. The number of amides is 1. The van der Waals surface area contributed by atoms with Crippen LogP contribution in [0.1, 0.15) is 64.0 Å². The topological polar surface area (TPSA) is 111 Å². The molecule has 2 heterocycles. The van der Waals surface area contributed by atoms with Crippen molar-refractivity contribution in [2.45, 2.75) is 70.1 Å². The minimum atomic E-state index is -4.22. The van der Waals surface area contributed by atoms with E-state index in [1.165, 1.54) is 0 Å². The second-order valence-electron chi connectivity index (χ2n) is 12.5. The zero-order valence-corrected chi connectivity index (χ0v) is 28.1. The van der Waals surface area contributed by atoms with Crippen LogP contribution in [0, 0.1) is 23.2 Å². The van der Waals surface area contributed by atoms with E-state index in [2.05, 4.69) is 27.0 Å². The Kier molecular flexibility index (Phi) is 12.4. The van der Waals surface area contributed by atoms with Gasteiger partial charge >= 0.3 is 6.18 Å². The van der Waals surface area contributed by atoms with Gasteiger partial charge in [0.2, 0.25) is 5.91 Å². The Morgan fingerprint density at radius 1 is 1.21 bits per heavy atom. The lowest BCUT2D eigenvalue weighted by atomic mass is 9.81. The Morgan fingerprint density at radius 2 is 2.00 bits per heavy atom. The summed E-state index contributed by atoms with van der Waals surface area (Å²) in [4.78, 5) is 19.3. The molecule has 0 spiro atoms. The lowest BCUT2D eigenvalue weighted by Gasteiger charge is -2.41. The first-order valence-electron chi connectivity index (χ1n) is 16.1. The van der Waals surface area contributed by atoms with Crippen molar-refractivity contribution >= 4 is 40.8 Å². The lowest BCUT2D eigenvalue weighted by Crippen LogP contribution is -2.56. The molecule has 9 nitrogen and oxygen atoms in total. The first kappa shape index (κ1) is 36.3. The summed E-state index contributed by atoms with van der Waals surface area (Å²) >= 11 is 6.65. The molecule has 2 aliphatic heterocycles. The van der Waals surface area contributed by atoms with Crippen LogP contribution in [-0.2, 0) is 4.79 Å². The number of ether oxygens (including phenoxy) is 2. The fourth-order valence-corrected chi connectivity index (χ4v) is 6.29. The van der Waals surface area contributed by atoms with Crippen molar-refractivity contribution in [2.75, 3.05) is 51.0 Å². The van der Waals surface area contributed by atoms with E-state index in [4.69, 9.17) is 21.1 Å². The fourth-order valence-electron chi connectivity index (χ4n) is 6.05. The van der Waals surface area contributed by atoms with E-state index in [0.717, 1.165) is 13.0 Å². The molecule has 1 saturated heterocycles. The molecule has 47 heavy (non-hydrogen) atoms. The number of hydrogen-bond acceptors (Lipinski definition) is 8. The molecular formula is C34H44ClF3N6O3. The van der Waals surface area contributed by atoms with E-state index >= 15 is 0 Å². The fraction of sp³-hybridized carbons (Fsp3) is 0.559. The third kappa shape index (κ3) is 9.52. The van der Waals surface area contributed by atoms with Gasteiger partial charge in [-0.1, -0.05) is 24.9 Å². The third-order valence-corrected chi connectivity index (χ3v) is 8.87. The number of anilines is 2. The van der Waals surface area contributed by atoms with Gasteiger partial charge in [0.25, 0.3) is 0 Å². The van der Waals surface area contributed by atoms with Crippen LogP contribution < -0.4 is 25.4 Å². The summed E-state index contributed by atoms with van der Waals surface area (Å²) in [5, 5.41) is 19.8. The monoisotopic (exact) mass is 676 g/mol. The number of nitriles is 1. The maximum absolute atomic E-state index is 13.3. The quantitative estimate of drug-likeness (QED) is 0.190. The van der Waals surface area contributed by atoms with Gasteiger partial charge < -0.3 is 30.3 Å². The van der Waals surface area contributed by atoms with Gasteiger partial charge in [0, 0.05) is 36.5 Å². The molecule has 13 heteroatoms. The van der Waals surface area contributed by atoms with Crippen molar-refractivity contribution in [2.24, 2.45) is 16.8 Å². The first-order valence-corrected chi connectivity index (χ1v) is 16.5. The highest BCUT2D eigenvalue weighted by Gasteiger charge is 2.45.